The van der Waals surface area contributed by atoms with E-state index in [0.717, 1.165) is 44.8 Å². The van der Waals surface area contributed by atoms with Gasteiger partial charge in [-0.3, -0.25) is 24.3 Å². The summed E-state index contributed by atoms with van der Waals surface area (Å²) in [5, 5.41) is 11.9. The van der Waals surface area contributed by atoms with Crippen LogP contribution in [0, 0.1) is 11.3 Å². The fourth-order valence-corrected chi connectivity index (χ4v) is 4.44. The van der Waals surface area contributed by atoms with Crippen LogP contribution in [0.15, 0.2) is 48.5 Å². The van der Waals surface area contributed by atoms with Gasteiger partial charge in [0.1, 0.15) is 5.54 Å². The van der Waals surface area contributed by atoms with Crippen LogP contribution in [0.2, 0.25) is 0 Å². The van der Waals surface area contributed by atoms with Gasteiger partial charge in [-0.1, -0.05) is 24.3 Å². The molecule has 7 nitrogen and oxygen atoms in total. The van der Waals surface area contributed by atoms with E-state index < -0.39 is 5.54 Å². The van der Waals surface area contributed by atoms with Crippen LogP contribution in [0.4, 0.5) is 11.4 Å². The molecule has 2 aromatic rings. The van der Waals surface area contributed by atoms with Crippen molar-refractivity contribution < 1.29 is 9.59 Å². The summed E-state index contributed by atoms with van der Waals surface area (Å²) in [6.45, 7) is 8.17. The maximum atomic E-state index is 13.4. The lowest BCUT2D eigenvalue weighted by molar-refractivity contribution is -0.127. The average molecular weight is 432 g/mol. The zero-order valence-corrected chi connectivity index (χ0v) is 18.7. The van der Waals surface area contributed by atoms with E-state index in [9.17, 15) is 9.59 Å². The molecule has 0 bridgehead atoms. The topological polar surface area (TPSA) is 79.7 Å². The molecule has 2 aromatic carbocycles. The van der Waals surface area contributed by atoms with Crippen molar-refractivity contribution >= 4 is 23.2 Å². The number of nitrogens with zero attached hydrogens (tertiary/aromatic N) is 4. The van der Waals surface area contributed by atoms with Gasteiger partial charge in [0.05, 0.1) is 29.6 Å². The monoisotopic (exact) mass is 431 g/mol. The smallest absolute Gasteiger partial charge is 0.250 e. The Kier molecular flexibility index (Phi) is 6.26. The SMILES string of the molecule is CC1(C)C(=O)Nc2ccccc2N1C(=O)CN1CCCN(Cc2ccc(C#N)cc2)CC1. The van der Waals surface area contributed by atoms with E-state index in [0.29, 0.717) is 11.3 Å². The molecule has 0 unspecified atom stereocenters. The van der Waals surface area contributed by atoms with Crippen LogP contribution in [0.3, 0.4) is 0 Å². The number of benzene rings is 2. The lowest BCUT2D eigenvalue weighted by Gasteiger charge is -2.42. The zero-order valence-electron chi connectivity index (χ0n) is 18.7. The van der Waals surface area contributed by atoms with Gasteiger partial charge in [0, 0.05) is 19.6 Å². The Morgan fingerprint density at radius 2 is 1.72 bits per heavy atom. The molecule has 0 aromatic heterocycles. The summed E-state index contributed by atoms with van der Waals surface area (Å²) in [5.41, 5.74) is 2.34. The highest BCUT2D eigenvalue weighted by Crippen LogP contribution is 2.36. The lowest BCUT2D eigenvalue weighted by Crippen LogP contribution is -2.60. The molecule has 32 heavy (non-hydrogen) atoms. The molecular weight excluding hydrogens is 402 g/mol. The van der Waals surface area contributed by atoms with Crippen LogP contribution in [-0.4, -0.2) is 59.9 Å². The Labute approximate surface area is 189 Å². The molecular formula is C25H29N5O2. The van der Waals surface area contributed by atoms with Gasteiger partial charge < -0.3 is 5.32 Å². The number of nitrogens with one attached hydrogen (secondary N) is 1. The van der Waals surface area contributed by atoms with E-state index in [1.165, 1.54) is 5.56 Å². The van der Waals surface area contributed by atoms with Gasteiger partial charge in [0.15, 0.2) is 0 Å². The van der Waals surface area contributed by atoms with Gasteiger partial charge in [-0.05, 0) is 63.2 Å². The highest BCUT2D eigenvalue weighted by molar-refractivity contribution is 6.14. The van der Waals surface area contributed by atoms with Crippen LogP contribution in [0.25, 0.3) is 0 Å². The molecule has 0 saturated carbocycles. The third-order valence-corrected chi connectivity index (χ3v) is 6.29. The van der Waals surface area contributed by atoms with Gasteiger partial charge >= 0.3 is 0 Å². The first-order chi connectivity index (χ1) is 15.4. The Morgan fingerprint density at radius 1 is 1.03 bits per heavy atom. The van der Waals surface area contributed by atoms with Crippen LogP contribution in [-0.2, 0) is 16.1 Å². The molecule has 1 saturated heterocycles. The van der Waals surface area contributed by atoms with Crippen molar-refractivity contribution in [2.75, 3.05) is 42.9 Å². The molecule has 2 aliphatic rings. The van der Waals surface area contributed by atoms with Crippen molar-refractivity contribution in [1.82, 2.24) is 9.80 Å². The first-order valence-corrected chi connectivity index (χ1v) is 11.1. The average Bonchev–Trinajstić information content (AvgIpc) is 3.00. The summed E-state index contributed by atoms with van der Waals surface area (Å²) in [6, 6.07) is 17.3. The number of hydrogen-bond donors (Lipinski definition) is 1. The molecule has 166 valence electrons. The van der Waals surface area contributed by atoms with Crippen molar-refractivity contribution in [1.29, 1.82) is 5.26 Å². The van der Waals surface area contributed by atoms with E-state index in [1.807, 2.05) is 48.5 Å². The normalized spacial score (nSPS) is 18.9. The molecule has 1 fully saturated rings. The van der Waals surface area contributed by atoms with Gasteiger partial charge in [-0.15, -0.1) is 0 Å². The van der Waals surface area contributed by atoms with E-state index in [2.05, 4.69) is 21.2 Å². The van der Waals surface area contributed by atoms with Gasteiger partial charge in [0.25, 0.3) is 0 Å². The molecule has 0 radical (unpaired) electrons. The van der Waals surface area contributed by atoms with Crippen molar-refractivity contribution in [3.05, 3.63) is 59.7 Å². The number of carbonyl (C=O) groups excluding carboxylic acids is 2. The summed E-state index contributed by atoms with van der Waals surface area (Å²) in [7, 11) is 0. The fourth-order valence-electron chi connectivity index (χ4n) is 4.44. The number of para-hydroxylation sites is 2. The van der Waals surface area contributed by atoms with Gasteiger partial charge in [-0.25, -0.2) is 0 Å². The van der Waals surface area contributed by atoms with E-state index in [-0.39, 0.29) is 18.4 Å². The standard InChI is InChI=1S/C25H29N5O2/c1-25(2)24(32)27-21-6-3-4-7-22(21)30(25)23(31)18-29-13-5-12-28(14-15-29)17-20-10-8-19(16-26)9-11-20/h3-4,6-11H,5,12-15,17-18H2,1-2H3,(H,27,32). The highest BCUT2D eigenvalue weighted by atomic mass is 16.2. The predicted octanol–water partition coefficient (Wildman–Crippen LogP) is 2.83. The minimum Gasteiger partial charge on any atom is -0.322 e. The summed E-state index contributed by atoms with van der Waals surface area (Å²) < 4.78 is 0. The molecule has 2 heterocycles. The Morgan fingerprint density at radius 3 is 2.47 bits per heavy atom. The number of hydrogen-bond acceptors (Lipinski definition) is 5. The fraction of sp³-hybridized carbons (Fsp3) is 0.400. The number of carbonyl (C=O) groups is 2. The largest absolute Gasteiger partial charge is 0.322 e. The molecule has 2 aliphatic heterocycles. The molecule has 7 heteroatoms. The van der Waals surface area contributed by atoms with Gasteiger partial charge in [-0.2, -0.15) is 5.26 Å². The van der Waals surface area contributed by atoms with Crippen LogP contribution >= 0.6 is 0 Å². The van der Waals surface area contributed by atoms with E-state index >= 15 is 0 Å². The maximum absolute atomic E-state index is 13.4. The van der Waals surface area contributed by atoms with Crippen molar-refractivity contribution in [3.63, 3.8) is 0 Å². The molecule has 0 aliphatic carbocycles. The zero-order chi connectivity index (χ0) is 22.7. The predicted molar refractivity (Wildman–Crippen MR) is 124 cm³/mol. The number of nitriles is 1. The lowest BCUT2D eigenvalue weighted by atomic mass is 9.96. The minimum absolute atomic E-state index is 0.0576. The minimum atomic E-state index is -0.946. The van der Waals surface area contributed by atoms with Crippen LogP contribution in [0.5, 0.6) is 0 Å². The number of anilines is 2. The molecule has 1 N–H and O–H groups in total. The summed E-state index contributed by atoms with van der Waals surface area (Å²) >= 11 is 0. The third-order valence-electron chi connectivity index (χ3n) is 6.29. The van der Waals surface area contributed by atoms with Crippen LogP contribution in [0.1, 0.15) is 31.4 Å². The summed E-state index contributed by atoms with van der Waals surface area (Å²) in [5.74, 6) is -0.230. The second-order valence-electron chi connectivity index (χ2n) is 8.97. The van der Waals surface area contributed by atoms with Crippen molar-refractivity contribution in [2.45, 2.75) is 32.4 Å². The summed E-state index contributed by atoms with van der Waals surface area (Å²) in [6.07, 6.45) is 0.976. The van der Waals surface area contributed by atoms with E-state index in [4.69, 9.17) is 5.26 Å². The van der Waals surface area contributed by atoms with Crippen LogP contribution < -0.4 is 10.2 Å². The highest BCUT2D eigenvalue weighted by Gasteiger charge is 2.43. The third kappa shape index (κ3) is 4.52. The number of fused-ring (bicyclic) bond motifs is 1. The van der Waals surface area contributed by atoms with Gasteiger partial charge in [0.2, 0.25) is 11.8 Å². The number of amides is 2. The van der Waals surface area contributed by atoms with Crippen molar-refractivity contribution in [3.8, 4) is 6.07 Å². The quantitative estimate of drug-likeness (QED) is 0.805. The summed E-state index contributed by atoms with van der Waals surface area (Å²) in [4.78, 5) is 32.3. The number of rotatable bonds is 4. The Balaban J connectivity index is 1.40. The van der Waals surface area contributed by atoms with Crippen molar-refractivity contribution in [2.24, 2.45) is 0 Å². The second-order valence-corrected chi connectivity index (χ2v) is 8.97. The second kappa shape index (κ2) is 9.11. The molecule has 0 spiro atoms. The maximum Gasteiger partial charge on any atom is 0.250 e. The van der Waals surface area contributed by atoms with E-state index in [1.54, 1.807) is 18.7 Å². The first kappa shape index (κ1) is 22.0. The Hall–Kier alpha value is -3.21. The molecule has 0 atom stereocenters. The first-order valence-electron chi connectivity index (χ1n) is 11.1. The molecule has 2 amide bonds. The molecule has 4 rings (SSSR count). The Bertz CT molecular complexity index is 1040.